The predicted molar refractivity (Wildman–Crippen MR) is 64.4 cm³/mol. The average molecular weight is 282 g/mol. The molecular weight excluding hydrogens is 274 g/mol. The fourth-order valence-electron chi connectivity index (χ4n) is 1.32. The van der Waals surface area contributed by atoms with Crippen molar-refractivity contribution >= 4 is 33.0 Å². The summed E-state index contributed by atoms with van der Waals surface area (Å²) < 4.78 is 0.737. The van der Waals surface area contributed by atoms with Gasteiger partial charge in [-0.15, -0.1) is 11.3 Å². The van der Waals surface area contributed by atoms with Crippen LogP contribution in [0.15, 0.2) is 34.4 Å². The third-order valence-corrected chi connectivity index (χ3v) is 3.60. The van der Waals surface area contributed by atoms with Gasteiger partial charge in [-0.1, -0.05) is 0 Å². The van der Waals surface area contributed by atoms with Gasteiger partial charge in [-0.25, -0.2) is 0 Å². The second kappa shape index (κ2) is 4.24. The highest BCUT2D eigenvalue weighted by Gasteiger charge is 2.14. The Balaban J connectivity index is 2.46. The van der Waals surface area contributed by atoms with Crippen molar-refractivity contribution in [2.24, 2.45) is 0 Å². The lowest BCUT2D eigenvalue weighted by Gasteiger charge is -2.01. The van der Waals surface area contributed by atoms with Gasteiger partial charge in [0.2, 0.25) is 0 Å². The minimum Gasteiger partial charge on any atom is -0.289 e. The smallest absolute Gasteiger partial charge is 0.195 e. The molecule has 2 nitrogen and oxygen atoms in total. The summed E-state index contributed by atoms with van der Waals surface area (Å²) in [6.45, 7) is 1.95. The fraction of sp³-hybridized carbons (Fsp3) is 0.0909. The summed E-state index contributed by atoms with van der Waals surface area (Å²) in [6, 6.07) is 3.58. The van der Waals surface area contributed by atoms with E-state index in [4.69, 9.17) is 0 Å². The Hall–Kier alpha value is -1.00. The van der Waals surface area contributed by atoms with Gasteiger partial charge in [0.15, 0.2) is 5.78 Å². The molecule has 0 N–H and O–H groups in total. The molecule has 4 heteroatoms. The molecule has 0 spiro atoms. The second-order valence-electron chi connectivity index (χ2n) is 3.08. The minimum atomic E-state index is 0.0445. The molecule has 0 saturated carbocycles. The van der Waals surface area contributed by atoms with E-state index in [1.165, 1.54) is 0 Å². The minimum absolute atomic E-state index is 0.0445. The summed E-state index contributed by atoms with van der Waals surface area (Å²) >= 11 is 4.91. The lowest BCUT2D eigenvalue weighted by atomic mass is 10.1. The first-order valence-corrected chi connectivity index (χ1v) is 6.05. The van der Waals surface area contributed by atoms with Gasteiger partial charge in [0, 0.05) is 32.9 Å². The Morgan fingerprint density at radius 1 is 1.40 bits per heavy atom. The molecule has 2 aromatic rings. The zero-order valence-corrected chi connectivity index (χ0v) is 10.4. The lowest BCUT2D eigenvalue weighted by Crippen LogP contribution is -2.02. The number of hydrogen-bond acceptors (Lipinski definition) is 3. The first-order chi connectivity index (χ1) is 7.20. The van der Waals surface area contributed by atoms with Crippen LogP contribution in [0.4, 0.5) is 0 Å². The molecule has 0 bridgehead atoms. The fourth-order valence-corrected chi connectivity index (χ4v) is 2.45. The second-order valence-corrected chi connectivity index (χ2v) is 5.05. The van der Waals surface area contributed by atoms with Crippen molar-refractivity contribution in [2.45, 2.75) is 6.92 Å². The third-order valence-electron chi connectivity index (χ3n) is 2.12. The van der Waals surface area contributed by atoms with Gasteiger partial charge in [-0.05, 0) is 40.4 Å². The number of ketones is 1. The van der Waals surface area contributed by atoms with E-state index in [0.29, 0.717) is 5.56 Å². The summed E-state index contributed by atoms with van der Waals surface area (Å²) in [7, 11) is 0. The lowest BCUT2D eigenvalue weighted by molar-refractivity contribution is 0.103. The molecule has 0 saturated heterocycles. The molecule has 15 heavy (non-hydrogen) atoms. The van der Waals surface area contributed by atoms with E-state index in [1.54, 1.807) is 29.8 Å². The van der Waals surface area contributed by atoms with E-state index < -0.39 is 0 Å². The maximum atomic E-state index is 12.1. The topological polar surface area (TPSA) is 30.0 Å². The zero-order chi connectivity index (χ0) is 10.8. The Bertz CT molecular complexity index is 507. The molecule has 0 aliphatic rings. The van der Waals surface area contributed by atoms with Crippen LogP contribution in [-0.4, -0.2) is 10.8 Å². The van der Waals surface area contributed by atoms with Gasteiger partial charge in [0.1, 0.15) is 0 Å². The molecule has 0 amide bonds. The van der Waals surface area contributed by atoms with Crippen LogP contribution >= 0.6 is 27.3 Å². The van der Waals surface area contributed by atoms with Crippen molar-refractivity contribution in [1.29, 1.82) is 0 Å². The number of carbonyl (C=O) groups excluding carboxylic acids is 1. The zero-order valence-electron chi connectivity index (χ0n) is 8.03. The first-order valence-electron chi connectivity index (χ1n) is 4.38. The number of rotatable bonds is 2. The van der Waals surface area contributed by atoms with Crippen LogP contribution < -0.4 is 0 Å². The monoisotopic (exact) mass is 281 g/mol. The highest BCUT2D eigenvalue weighted by molar-refractivity contribution is 9.10. The highest BCUT2D eigenvalue weighted by atomic mass is 79.9. The van der Waals surface area contributed by atoms with Crippen LogP contribution in [0.3, 0.4) is 0 Å². The van der Waals surface area contributed by atoms with Crippen LogP contribution in [0.5, 0.6) is 0 Å². The molecule has 0 atom stereocenters. The number of thiophene rings is 1. The number of halogens is 1. The van der Waals surface area contributed by atoms with Crippen LogP contribution in [0.25, 0.3) is 0 Å². The molecule has 2 aromatic heterocycles. The normalized spacial score (nSPS) is 10.3. The van der Waals surface area contributed by atoms with Crippen molar-refractivity contribution in [1.82, 2.24) is 4.98 Å². The van der Waals surface area contributed by atoms with Crippen LogP contribution in [0.2, 0.25) is 0 Å². The molecule has 0 aromatic carbocycles. The van der Waals surface area contributed by atoms with Gasteiger partial charge in [-0.3, -0.25) is 9.78 Å². The Morgan fingerprint density at radius 2 is 2.20 bits per heavy atom. The Morgan fingerprint density at radius 3 is 2.80 bits per heavy atom. The van der Waals surface area contributed by atoms with E-state index in [0.717, 1.165) is 14.9 Å². The summed E-state index contributed by atoms with van der Waals surface area (Å²) in [5.74, 6) is 0.0445. The maximum absolute atomic E-state index is 12.1. The molecule has 0 aliphatic heterocycles. The van der Waals surface area contributed by atoms with Crippen molar-refractivity contribution in [3.05, 3.63) is 50.4 Å². The van der Waals surface area contributed by atoms with E-state index >= 15 is 0 Å². The number of carbonyl (C=O) groups is 1. The van der Waals surface area contributed by atoms with Crippen molar-refractivity contribution in [2.75, 3.05) is 0 Å². The molecule has 2 rings (SSSR count). The summed E-state index contributed by atoms with van der Waals surface area (Å²) in [5.41, 5.74) is 1.43. The molecule has 0 fully saturated rings. The summed E-state index contributed by atoms with van der Waals surface area (Å²) in [5, 5.41) is 1.93. The summed E-state index contributed by atoms with van der Waals surface area (Å²) in [6.07, 6.45) is 3.26. The Labute approximate surface area is 100 Å². The highest BCUT2D eigenvalue weighted by Crippen LogP contribution is 2.23. The van der Waals surface area contributed by atoms with Crippen LogP contribution in [-0.2, 0) is 0 Å². The van der Waals surface area contributed by atoms with E-state index in [2.05, 4.69) is 20.9 Å². The van der Waals surface area contributed by atoms with Gasteiger partial charge in [-0.2, -0.15) is 0 Å². The summed E-state index contributed by atoms with van der Waals surface area (Å²) in [4.78, 5) is 17.1. The number of nitrogens with zero attached hydrogens (tertiary/aromatic N) is 1. The third kappa shape index (κ3) is 2.01. The predicted octanol–water partition coefficient (Wildman–Crippen LogP) is 3.45. The molecular formula is C11H8BrNOS. The largest absolute Gasteiger partial charge is 0.289 e. The standard InChI is InChI=1S/C11H8BrNOS/c1-7-8(3-5-15-7)11(14)9-2-4-13-6-10(9)12/h2-6H,1H3. The van der Waals surface area contributed by atoms with E-state index in [1.807, 2.05) is 18.4 Å². The van der Waals surface area contributed by atoms with Crippen LogP contribution in [0, 0.1) is 6.92 Å². The first kappa shape index (κ1) is 10.5. The quantitative estimate of drug-likeness (QED) is 0.790. The molecule has 0 aliphatic carbocycles. The molecule has 0 unspecified atom stereocenters. The van der Waals surface area contributed by atoms with Gasteiger partial charge in [0.25, 0.3) is 0 Å². The molecule has 76 valence electrons. The van der Waals surface area contributed by atoms with Gasteiger partial charge >= 0.3 is 0 Å². The molecule has 0 radical (unpaired) electrons. The maximum Gasteiger partial charge on any atom is 0.195 e. The van der Waals surface area contributed by atoms with Crippen molar-refractivity contribution in [3.8, 4) is 0 Å². The number of aryl methyl sites for hydroxylation is 1. The van der Waals surface area contributed by atoms with E-state index in [-0.39, 0.29) is 5.78 Å². The SMILES string of the molecule is Cc1sccc1C(=O)c1ccncc1Br. The van der Waals surface area contributed by atoms with Crippen molar-refractivity contribution < 1.29 is 4.79 Å². The van der Waals surface area contributed by atoms with Crippen LogP contribution in [0.1, 0.15) is 20.8 Å². The Kier molecular flexibility index (Phi) is 2.98. The van der Waals surface area contributed by atoms with E-state index in [9.17, 15) is 4.79 Å². The number of aromatic nitrogens is 1. The van der Waals surface area contributed by atoms with Gasteiger partial charge in [0.05, 0.1) is 0 Å². The molecule has 2 heterocycles. The number of pyridine rings is 1. The van der Waals surface area contributed by atoms with Gasteiger partial charge < -0.3 is 0 Å². The van der Waals surface area contributed by atoms with Crippen molar-refractivity contribution in [3.63, 3.8) is 0 Å². The average Bonchev–Trinajstić information content (AvgIpc) is 2.64. The number of hydrogen-bond donors (Lipinski definition) is 0.